The monoisotopic (exact) mass is 311 g/mol. The highest BCUT2D eigenvalue weighted by Gasteiger charge is 2.51. The molecule has 4 nitrogen and oxygen atoms in total. The normalized spacial score (nSPS) is 20.1. The molecule has 0 aliphatic carbocycles. The Kier molecular flexibility index (Phi) is 4.57. The molecular weight excluding hydrogens is 288 g/mol. The lowest BCUT2D eigenvalue weighted by Crippen LogP contribution is -2.41. The van der Waals surface area contributed by atoms with E-state index >= 15 is 0 Å². The molecular formula is C15H23BClNO3. The third kappa shape index (κ3) is 3.53. The molecule has 0 bridgehead atoms. The zero-order chi connectivity index (χ0) is 15.8. The smallest absolute Gasteiger partial charge is 0.490 e. The van der Waals surface area contributed by atoms with E-state index in [0.717, 1.165) is 5.46 Å². The second-order valence-corrected chi connectivity index (χ2v) is 7.21. The summed E-state index contributed by atoms with van der Waals surface area (Å²) < 4.78 is 17.7. The zero-order valence-electron chi connectivity index (χ0n) is 13.6. The molecule has 2 heterocycles. The summed E-state index contributed by atoms with van der Waals surface area (Å²) in [6.07, 6.45) is 1.67. The van der Waals surface area contributed by atoms with Gasteiger partial charge in [-0.3, -0.25) is 0 Å². The van der Waals surface area contributed by atoms with Crippen molar-refractivity contribution in [3.8, 4) is 5.75 Å². The van der Waals surface area contributed by atoms with Crippen LogP contribution in [0.1, 0.15) is 41.5 Å². The summed E-state index contributed by atoms with van der Waals surface area (Å²) in [4.78, 5) is 4.18. The Morgan fingerprint density at radius 3 is 2.33 bits per heavy atom. The molecule has 21 heavy (non-hydrogen) atoms. The van der Waals surface area contributed by atoms with E-state index < -0.39 is 7.12 Å². The maximum Gasteiger partial charge on any atom is 0.496 e. The fraction of sp³-hybridized carbons (Fsp3) is 0.667. The van der Waals surface area contributed by atoms with E-state index in [0.29, 0.717) is 23.4 Å². The molecule has 0 N–H and O–H groups in total. The predicted octanol–water partition coefficient (Wildman–Crippen LogP) is 3.07. The number of hydrogen-bond acceptors (Lipinski definition) is 4. The molecule has 1 saturated heterocycles. The van der Waals surface area contributed by atoms with Gasteiger partial charge in [0, 0.05) is 11.7 Å². The number of nitrogens with zero attached hydrogens (tertiary/aromatic N) is 1. The number of pyridine rings is 1. The number of rotatable bonds is 4. The van der Waals surface area contributed by atoms with Gasteiger partial charge in [0.05, 0.1) is 17.8 Å². The summed E-state index contributed by atoms with van der Waals surface area (Å²) in [5, 5.41) is 0.357. The molecule has 0 saturated carbocycles. The predicted molar refractivity (Wildman–Crippen MR) is 85.3 cm³/mol. The largest absolute Gasteiger partial charge is 0.496 e. The first-order chi connectivity index (χ1) is 9.62. The van der Waals surface area contributed by atoms with E-state index in [4.69, 9.17) is 25.6 Å². The van der Waals surface area contributed by atoms with E-state index in [1.54, 1.807) is 6.20 Å². The third-order valence-corrected chi connectivity index (χ3v) is 4.21. The van der Waals surface area contributed by atoms with Crippen LogP contribution in [0.3, 0.4) is 0 Å². The van der Waals surface area contributed by atoms with Gasteiger partial charge < -0.3 is 14.0 Å². The molecule has 116 valence electrons. The van der Waals surface area contributed by atoms with Gasteiger partial charge in [0.1, 0.15) is 0 Å². The van der Waals surface area contributed by atoms with Crippen LogP contribution in [0.2, 0.25) is 5.15 Å². The van der Waals surface area contributed by atoms with Crippen LogP contribution in [0.25, 0.3) is 0 Å². The van der Waals surface area contributed by atoms with Crippen LogP contribution in [0.15, 0.2) is 12.3 Å². The molecule has 0 atom stereocenters. The van der Waals surface area contributed by atoms with Crippen molar-refractivity contribution < 1.29 is 14.0 Å². The van der Waals surface area contributed by atoms with Crippen LogP contribution in [-0.4, -0.2) is 29.9 Å². The van der Waals surface area contributed by atoms with Crippen LogP contribution < -0.4 is 10.2 Å². The first-order valence-corrected chi connectivity index (χ1v) is 7.64. The van der Waals surface area contributed by atoms with Crippen molar-refractivity contribution in [3.05, 3.63) is 17.4 Å². The Morgan fingerprint density at radius 2 is 1.81 bits per heavy atom. The van der Waals surface area contributed by atoms with Crippen molar-refractivity contribution in [1.29, 1.82) is 0 Å². The fourth-order valence-corrected chi connectivity index (χ4v) is 2.07. The summed E-state index contributed by atoms with van der Waals surface area (Å²) in [5.41, 5.74) is 0.0591. The van der Waals surface area contributed by atoms with Crippen molar-refractivity contribution >= 4 is 24.2 Å². The van der Waals surface area contributed by atoms with E-state index in [1.807, 2.05) is 33.8 Å². The van der Waals surface area contributed by atoms with Crippen LogP contribution in [0.5, 0.6) is 5.75 Å². The Morgan fingerprint density at radius 1 is 1.24 bits per heavy atom. The van der Waals surface area contributed by atoms with Gasteiger partial charge >= 0.3 is 7.12 Å². The fourth-order valence-electron chi connectivity index (χ4n) is 1.91. The minimum atomic E-state index is -0.457. The second kappa shape index (κ2) is 5.78. The number of aromatic nitrogens is 1. The highest BCUT2D eigenvalue weighted by atomic mass is 35.5. The van der Waals surface area contributed by atoms with Gasteiger partial charge in [-0.2, -0.15) is 0 Å². The minimum Gasteiger partial charge on any atom is -0.490 e. The van der Waals surface area contributed by atoms with Gasteiger partial charge in [0.2, 0.25) is 0 Å². The average Bonchev–Trinajstić information content (AvgIpc) is 2.57. The van der Waals surface area contributed by atoms with Crippen LogP contribution in [0.4, 0.5) is 0 Å². The zero-order valence-corrected chi connectivity index (χ0v) is 14.3. The first kappa shape index (κ1) is 16.6. The van der Waals surface area contributed by atoms with Crippen molar-refractivity contribution in [2.24, 2.45) is 5.92 Å². The highest BCUT2D eigenvalue weighted by Crippen LogP contribution is 2.36. The minimum absolute atomic E-state index is 0.357. The van der Waals surface area contributed by atoms with Gasteiger partial charge in [-0.05, 0) is 39.7 Å². The molecule has 0 unspecified atom stereocenters. The molecule has 1 aliphatic rings. The lowest BCUT2D eigenvalue weighted by molar-refractivity contribution is 0.00578. The molecule has 0 amide bonds. The lowest BCUT2D eigenvalue weighted by Gasteiger charge is -2.32. The van der Waals surface area contributed by atoms with E-state index in [-0.39, 0.29) is 11.2 Å². The Hall–Kier alpha value is -0.775. The van der Waals surface area contributed by atoms with Crippen molar-refractivity contribution in [1.82, 2.24) is 4.98 Å². The van der Waals surface area contributed by atoms with Gasteiger partial charge in [0.25, 0.3) is 0 Å². The molecule has 0 aromatic carbocycles. The van der Waals surface area contributed by atoms with E-state index in [2.05, 4.69) is 18.8 Å². The SMILES string of the molecule is CC(C)COc1cc(B2OC(C)(C)C(C)(C)O2)cnc1Cl. The number of hydrogen-bond donors (Lipinski definition) is 0. The molecule has 2 rings (SSSR count). The van der Waals surface area contributed by atoms with Gasteiger partial charge in [-0.15, -0.1) is 0 Å². The summed E-state index contributed by atoms with van der Waals surface area (Å²) in [5.74, 6) is 0.985. The molecule has 1 fully saturated rings. The average molecular weight is 312 g/mol. The summed E-state index contributed by atoms with van der Waals surface area (Å²) in [6, 6.07) is 1.85. The molecule has 1 aliphatic heterocycles. The van der Waals surface area contributed by atoms with Gasteiger partial charge in [0.15, 0.2) is 10.9 Å². The van der Waals surface area contributed by atoms with Crippen LogP contribution >= 0.6 is 11.6 Å². The third-order valence-electron chi connectivity index (χ3n) is 3.93. The van der Waals surface area contributed by atoms with Crippen molar-refractivity contribution in [3.63, 3.8) is 0 Å². The Labute approximate surface area is 132 Å². The summed E-state index contributed by atoms with van der Waals surface area (Å²) in [6.45, 7) is 12.8. The van der Waals surface area contributed by atoms with Crippen molar-refractivity contribution in [2.45, 2.75) is 52.7 Å². The molecule has 0 radical (unpaired) electrons. The summed E-state index contributed by atoms with van der Waals surface area (Å²) >= 11 is 6.08. The maximum absolute atomic E-state index is 6.08. The maximum atomic E-state index is 6.08. The Bertz CT molecular complexity index is 504. The summed E-state index contributed by atoms with van der Waals surface area (Å²) in [7, 11) is -0.457. The van der Waals surface area contributed by atoms with Crippen LogP contribution in [-0.2, 0) is 9.31 Å². The molecule has 6 heteroatoms. The number of halogens is 1. The van der Waals surface area contributed by atoms with E-state index in [9.17, 15) is 0 Å². The van der Waals surface area contributed by atoms with Gasteiger partial charge in [-0.1, -0.05) is 25.4 Å². The highest BCUT2D eigenvalue weighted by molar-refractivity contribution is 6.62. The standard InChI is InChI=1S/C15H23BClNO3/c1-10(2)9-19-12-7-11(8-18-13(12)17)16-20-14(3,4)15(5,6)21-16/h7-8,10H,9H2,1-6H3. The van der Waals surface area contributed by atoms with Gasteiger partial charge in [-0.25, -0.2) is 4.98 Å². The molecule has 1 aromatic rings. The topological polar surface area (TPSA) is 40.6 Å². The molecule has 1 aromatic heterocycles. The van der Waals surface area contributed by atoms with E-state index in [1.165, 1.54) is 0 Å². The first-order valence-electron chi connectivity index (χ1n) is 7.26. The quantitative estimate of drug-likeness (QED) is 0.633. The van der Waals surface area contributed by atoms with Crippen LogP contribution in [0, 0.1) is 5.92 Å². The Balaban J connectivity index is 2.20. The second-order valence-electron chi connectivity index (χ2n) is 6.85. The van der Waals surface area contributed by atoms with Crippen molar-refractivity contribution in [2.75, 3.05) is 6.61 Å². The lowest BCUT2D eigenvalue weighted by atomic mass is 9.80. The molecule has 0 spiro atoms. The number of ether oxygens (including phenoxy) is 1.